The van der Waals surface area contributed by atoms with Gasteiger partial charge in [-0.05, 0) is 43.5 Å². The van der Waals surface area contributed by atoms with Gasteiger partial charge in [-0.1, -0.05) is 18.6 Å². The molecule has 6 nitrogen and oxygen atoms in total. The highest BCUT2D eigenvalue weighted by molar-refractivity contribution is 7.98. The molecule has 1 unspecified atom stereocenters. The summed E-state index contributed by atoms with van der Waals surface area (Å²) in [7, 11) is 0. The second-order valence-corrected chi connectivity index (χ2v) is 9.16. The zero-order valence-corrected chi connectivity index (χ0v) is 17.3. The Bertz CT molecular complexity index is 783. The summed E-state index contributed by atoms with van der Waals surface area (Å²) in [5.41, 5.74) is 2.21. The third kappa shape index (κ3) is 4.69. The van der Waals surface area contributed by atoms with Crippen molar-refractivity contribution in [3.63, 3.8) is 0 Å². The molecule has 3 heterocycles. The van der Waals surface area contributed by atoms with E-state index in [-0.39, 0.29) is 17.4 Å². The van der Waals surface area contributed by atoms with E-state index in [1.807, 2.05) is 11.8 Å². The van der Waals surface area contributed by atoms with E-state index in [9.17, 15) is 9.59 Å². The highest BCUT2D eigenvalue weighted by Crippen LogP contribution is 2.22. The third-order valence-electron chi connectivity index (χ3n) is 6.14. The number of likely N-dealkylation sites (tertiary alicyclic amines) is 1. The average Bonchev–Trinajstić information content (AvgIpc) is 3.26. The number of nitrogens with zero attached hydrogens (tertiary/aromatic N) is 3. The number of fused-ring (bicyclic) bond motifs is 1. The van der Waals surface area contributed by atoms with Gasteiger partial charge in [-0.15, -0.1) is 0 Å². The van der Waals surface area contributed by atoms with Gasteiger partial charge in [0.1, 0.15) is 0 Å². The summed E-state index contributed by atoms with van der Waals surface area (Å²) in [6, 6.07) is 2.13. The van der Waals surface area contributed by atoms with Crippen molar-refractivity contribution in [2.24, 2.45) is 5.92 Å². The van der Waals surface area contributed by atoms with Crippen molar-refractivity contribution < 1.29 is 4.79 Å². The van der Waals surface area contributed by atoms with E-state index in [1.54, 1.807) is 10.7 Å². The second kappa shape index (κ2) is 9.27. The number of aryl methyl sites for hydroxylation is 1. The minimum atomic E-state index is 0.0110. The van der Waals surface area contributed by atoms with Gasteiger partial charge in [0.25, 0.3) is 5.56 Å². The van der Waals surface area contributed by atoms with E-state index in [1.165, 1.54) is 12.8 Å². The highest BCUT2D eigenvalue weighted by atomic mass is 32.2. The monoisotopic (exact) mass is 402 g/mol. The summed E-state index contributed by atoms with van der Waals surface area (Å²) < 4.78 is 1.64. The first-order chi connectivity index (χ1) is 13.7. The number of thioether (sulfide) groups is 1. The van der Waals surface area contributed by atoms with Crippen LogP contribution >= 0.6 is 11.8 Å². The molecule has 1 amide bonds. The molecule has 1 saturated heterocycles. The van der Waals surface area contributed by atoms with Crippen LogP contribution in [0.1, 0.15) is 43.4 Å². The van der Waals surface area contributed by atoms with Gasteiger partial charge in [-0.3, -0.25) is 14.5 Å². The number of aromatic nitrogens is 2. The molecule has 0 aromatic carbocycles. The molecule has 4 rings (SSSR count). The number of allylic oxidation sites excluding steroid dienone is 2. The van der Waals surface area contributed by atoms with Crippen LogP contribution in [0.5, 0.6) is 0 Å². The van der Waals surface area contributed by atoms with Crippen molar-refractivity contribution in [3.05, 3.63) is 39.8 Å². The van der Waals surface area contributed by atoms with Crippen molar-refractivity contribution in [3.8, 4) is 0 Å². The molecule has 7 heteroatoms. The second-order valence-electron chi connectivity index (χ2n) is 8.05. The largest absolute Gasteiger partial charge is 0.354 e. The predicted octanol–water partition coefficient (Wildman–Crippen LogP) is 1.97. The molecule has 1 aromatic heterocycles. The van der Waals surface area contributed by atoms with E-state index < -0.39 is 0 Å². The minimum Gasteiger partial charge on any atom is -0.354 e. The van der Waals surface area contributed by atoms with E-state index in [2.05, 4.69) is 27.5 Å². The van der Waals surface area contributed by atoms with Gasteiger partial charge in [-0.25, -0.2) is 4.68 Å². The van der Waals surface area contributed by atoms with Crippen LogP contribution in [-0.2, 0) is 23.5 Å². The summed E-state index contributed by atoms with van der Waals surface area (Å²) in [4.78, 5) is 27.2. The molecular formula is C21H30N4O2S. The van der Waals surface area contributed by atoms with Crippen molar-refractivity contribution >= 4 is 17.7 Å². The van der Waals surface area contributed by atoms with Crippen LogP contribution in [0, 0.1) is 5.92 Å². The molecule has 0 saturated carbocycles. The normalized spacial score (nSPS) is 22.9. The lowest BCUT2D eigenvalue weighted by Crippen LogP contribution is -2.49. The maximum Gasteiger partial charge on any atom is 0.267 e. The molecule has 0 radical (unpaired) electrons. The molecule has 1 N–H and O–H groups in total. The average molecular weight is 403 g/mol. The molecule has 152 valence electrons. The standard InChI is InChI=1S/C21H30N4O2S/c26-20-13-17-15-28-12-8-19(17)23-25(20)11-10-24-9-4-3-7-18(24)14-22-21(27)16-5-1-2-6-16/h1-2,13,16,18H,3-12,14-15H2,(H,22,27). The van der Waals surface area contributed by atoms with Gasteiger partial charge < -0.3 is 5.32 Å². The molecule has 1 fully saturated rings. The fourth-order valence-electron chi connectivity index (χ4n) is 4.42. The van der Waals surface area contributed by atoms with Crippen molar-refractivity contribution in [2.45, 2.75) is 56.9 Å². The quantitative estimate of drug-likeness (QED) is 0.737. The van der Waals surface area contributed by atoms with Crippen molar-refractivity contribution in [2.75, 3.05) is 25.4 Å². The fraction of sp³-hybridized carbons (Fsp3) is 0.667. The molecule has 28 heavy (non-hydrogen) atoms. The molecule has 1 aromatic rings. The summed E-state index contributed by atoms with van der Waals surface area (Å²) in [5, 5.41) is 7.80. The van der Waals surface area contributed by atoms with E-state index >= 15 is 0 Å². The SMILES string of the molecule is O=C(NCC1CCCCN1CCn1nc2c(cc1=O)CSCC2)C1CC=CC1. The maximum absolute atomic E-state index is 12.4. The van der Waals surface area contributed by atoms with Crippen LogP contribution in [0.4, 0.5) is 0 Å². The summed E-state index contributed by atoms with van der Waals surface area (Å²) >= 11 is 1.87. The van der Waals surface area contributed by atoms with Crippen LogP contribution < -0.4 is 10.9 Å². The van der Waals surface area contributed by atoms with Crippen LogP contribution in [0.2, 0.25) is 0 Å². The van der Waals surface area contributed by atoms with Gasteiger partial charge in [0.15, 0.2) is 0 Å². The lowest BCUT2D eigenvalue weighted by atomic mass is 10.0. The predicted molar refractivity (Wildman–Crippen MR) is 112 cm³/mol. The Kier molecular flexibility index (Phi) is 6.52. The number of nitrogens with one attached hydrogen (secondary N) is 1. The van der Waals surface area contributed by atoms with E-state index in [0.29, 0.717) is 19.1 Å². The number of hydrogen-bond donors (Lipinski definition) is 1. The molecule has 2 aliphatic heterocycles. The summed E-state index contributed by atoms with van der Waals surface area (Å²) in [6.45, 7) is 3.17. The Morgan fingerprint density at radius 1 is 1.25 bits per heavy atom. The smallest absolute Gasteiger partial charge is 0.267 e. The number of hydrogen-bond acceptors (Lipinski definition) is 5. The number of carbonyl (C=O) groups is 1. The Hall–Kier alpha value is -1.60. The Balaban J connectivity index is 1.33. The lowest BCUT2D eigenvalue weighted by molar-refractivity contribution is -0.125. The first-order valence-electron chi connectivity index (χ1n) is 10.5. The van der Waals surface area contributed by atoms with Gasteiger partial charge in [0, 0.05) is 43.3 Å². The van der Waals surface area contributed by atoms with E-state index in [0.717, 1.165) is 61.5 Å². The third-order valence-corrected chi connectivity index (χ3v) is 7.15. The Morgan fingerprint density at radius 2 is 2.11 bits per heavy atom. The molecule has 1 atom stereocenters. The van der Waals surface area contributed by atoms with E-state index in [4.69, 9.17) is 0 Å². The lowest BCUT2D eigenvalue weighted by Gasteiger charge is -2.36. The minimum absolute atomic E-state index is 0.0110. The first kappa shape index (κ1) is 19.7. The highest BCUT2D eigenvalue weighted by Gasteiger charge is 2.25. The number of piperidine rings is 1. The van der Waals surface area contributed by atoms with Gasteiger partial charge in [0.05, 0.1) is 12.2 Å². The number of amides is 1. The fourth-order valence-corrected chi connectivity index (χ4v) is 5.37. The zero-order valence-electron chi connectivity index (χ0n) is 16.4. The van der Waals surface area contributed by atoms with Crippen molar-refractivity contribution in [1.29, 1.82) is 0 Å². The molecule has 0 spiro atoms. The molecule has 1 aliphatic carbocycles. The van der Waals surface area contributed by atoms with Crippen LogP contribution in [-0.4, -0.2) is 52.0 Å². The van der Waals surface area contributed by atoms with Gasteiger partial charge >= 0.3 is 0 Å². The van der Waals surface area contributed by atoms with Crippen molar-refractivity contribution in [1.82, 2.24) is 20.0 Å². The molecule has 0 bridgehead atoms. The Labute approximate surface area is 170 Å². The van der Waals surface area contributed by atoms with Crippen LogP contribution in [0.15, 0.2) is 23.0 Å². The first-order valence-corrected chi connectivity index (χ1v) is 11.7. The van der Waals surface area contributed by atoms with Gasteiger partial charge in [-0.2, -0.15) is 16.9 Å². The van der Waals surface area contributed by atoms with Gasteiger partial charge in [0.2, 0.25) is 5.91 Å². The molecule has 3 aliphatic rings. The maximum atomic E-state index is 12.4. The summed E-state index contributed by atoms with van der Waals surface area (Å²) in [6.07, 6.45) is 10.4. The van der Waals surface area contributed by atoms with Crippen LogP contribution in [0.25, 0.3) is 0 Å². The summed E-state index contributed by atoms with van der Waals surface area (Å²) in [5.74, 6) is 2.29. The topological polar surface area (TPSA) is 67.2 Å². The van der Waals surface area contributed by atoms with Crippen LogP contribution in [0.3, 0.4) is 0 Å². The zero-order chi connectivity index (χ0) is 19.3. The Morgan fingerprint density at radius 3 is 2.96 bits per heavy atom. The molecular weight excluding hydrogens is 372 g/mol. The number of rotatable bonds is 6. The number of carbonyl (C=O) groups excluding carboxylic acids is 1.